The van der Waals surface area contributed by atoms with E-state index in [4.69, 9.17) is 19.2 Å². The Morgan fingerprint density at radius 3 is 2.38 bits per heavy atom. The Bertz CT molecular complexity index is 1570. The lowest BCUT2D eigenvalue weighted by Gasteiger charge is -2.55. The lowest BCUT2D eigenvalue weighted by atomic mass is 9.87. The van der Waals surface area contributed by atoms with Gasteiger partial charge in [-0.1, -0.05) is 25.5 Å². The Balaban J connectivity index is 1.37. The van der Waals surface area contributed by atoms with Gasteiger partial charge in [-0.25, -0.2) is 4.98 Å². The zero-order chi connectivity index (χ0) is 29.8. The number of hydrazine groups is 1. The fourth-order valence-electron chi connectivity index (χ4n) is 5.63. The predicted octanol–water partition coefficient (Wildman–Crippen LogP) is 6.90. The van der Waals surface area contributed by atoms with Crippen molar-refractivity contribution in [1.29, 1.82) is 0 Å². The average molecular weight is 612 g/mol. The van der Waals surface area contributed by atoms with E-state index in [0.717, 1.165) is 29.1 Å². The van der Waals surface area contributed by atoms with Gasteiger partial charge >= 0.3 is 10.2 Å². The molecule has 1 spiro atoms. The first-order valence-electron chi connectivity index (χ1n) is 13.3. The van der Waals surface area contributed by atoms with Gasteiger partial charge in [0.15, 0.2) is 11.6 Å². The molecule has 0 saturated carbocycles. The summed E-state index contributed by atoms with van der Waals surface area (Å²) in [6, 6.07) is 8.80. The summed E-state index contributed by atoms with van der Waals surface area (Å²) in [6.45, 7) is 3.76. The van der Waals surface area contributed by atoms with Gasteiger partial charge in [0, 0.05) is 19.4 Å². The van der Waals surface area contributed by atoms with Crippen molar-refractivity contribution in [1.82, 2.24) is 14.6 Å². The summed E-state index contributed by atoms with van der Waals surface area (Å²) < 4.78 is 86.5. The molecule has 6 rings (SSSR count). The van der Waals surface area contributed by atoms with Crippen molar-refractivity contribution in [2.75, 3.05) is 45.0 Å². The van der Waals surface area contributed by atoms with E-state index in [9.17, 15) is 19.4 Å². The van der Waals surface area contributed by atoms with Crippen LogP contribution in [0, 0.1) is 6.92 Å². The van der Waals surface area contributed by atoms with Crippen molar-refractivity contribution in [2.24, 2.45) is 4.99 Å². The number of halogens is 5. The van der Waals surface area contributed by atoms with E-state index < -0.39 is 20.7 Å². The SMILES string of the molecule is COc1cc(/C=C2\OCCN3C2=NCC2(CCOCC2)N3c2ccc(S(F)(F)(F)(F)F)cc2)ccc1-n1cnc(C)c1. The molecule has 0 unspecified atom stereocenters. The number of methoxy groups -OCH3 is 1. The predicted molar refractivity (Wildman–Crippen MR) is 151 cm³/mol. The molecule has 14 heteroatoms. The molecular formula is C28H30F5N5O3S. The minimum Gasteiger partial charge on any atom is -0.495 e. The first-order chi connectivity index (χ1) is 19.8. The number of nitrogens with zero attached hydrogens (tertiary/aromatic N) is 5. The number of hydrogen-bond acceptors (Lipinski definition) is 7. The van der Waals surface area contributed by atoms with Crippen LogP contribution in [0.2, 0.25) is 0 Å². The third kappa shape index (κ3) is 5.28. The molecule has 1 aromatic heterocycles. The second kappa shape index (κ2) is 9.36. The Kier molecular flexibility index (Phi) is 6.32. The molecule has 0 aliphatic carbocycles. The number of aryl methyl sites for hydroxylation is 1. The van der Waals surface area contributed by atoms with Crippen molar-refractivity contribution in [3.8, 4) is 11.4 Å². The fraction of sp³-hybridized carbons (Fsp3) is 0.357. The molecule has 0 radical (unpaired) electrons. The number of aliphatic imine (C=N–C) groups is 1. The molecule has 8 nitrogen and oxygen atoms in total. The summed E-state index contributed by atoms with van der Waals surface area (Å²) >= 11 is 0. The van der Waals surface area contributed by atoms with Crippen LogP contribution >= 0.6 is 10.2 Å². The number of anilines is 1. The summed E-state index contributed by atoms with van der Waals surface area (Å²) in [7, 11) is -8.23. The van der Waals surface area contributed by atoms with Crippen LogP contribution in [0.15, 0.2) is 70.6 Å². The topological polar surface area (TPSA) is 64.4 Å². The Morgan fingerprint density at radius 1 is 1.00 bits per heavy atom. The standard InChI is InChI=1S/C28H30F5N5O3S/c1-20-17-36(19-35-20)24-8-3-21(15-25(24)39-2)16-26-27-34-18-28(9-12-40-13-10-28)38(37(27)11-14-41-26)22-4-6-23(7-5-22)42(29,30,31,32)33/h3-8,15-17,19H,9-14,18H2,1-2H3/b26-16-. The molecular weight excluding hydrogens is 581 g/mol. The van der Waals surface area contributed by atoms with E-state index in [1.54, 1.807) is 13.4 Å². The van der Waals surface area contributed by atoms with E-state index in [1.807, 2.05) is 52.0 Å². The highest BCUT2D eigenvalue weighted by atomic mass is 32.5. The van der Waals surface area contributed by atoms with Gasteiger partial charge in [0.2, 0.25) is 0 Å². The molecule has 4 heterocycles. The molecule has 3 aliphatic heterocycles. The largest absolute Gasteiger partial charge is 0.495 e. The van der Waals surface area contributed by atoms with Crippen LogP contribution in [0.1, 0.15) is 24.1 Å². The highest BCUT2D eigenvalue weighted by Crippen LogP contribution is 3.02. The number of amidine groups is 1. The van der Waals surface area contributed by atoms with Crippen LogP contribution in [0.3, 0.4) is 0 Å². The minimum atomic E-state index is -9.81. The summed E-state index contributed by atoms with van der Waals surface area (Å²) in [4.78, 5) is 7.24. The van der Waals surface area contributed by atoms with Crippen LogP contribution in [0.4, 0.5) is 25.1 Å². The van der Waals surface area contributed by atoms with Gasteiger partial charge in [0.25, 0.3) is 0 Å². The average Bonchev–Trinajstić information content (AvgIpc) is 3.38. The van der Waals surface area contributed by atoms with Crippen LogP contribution < -0.4 is 9.75 Å². The maximum absolute atomic E-state index is 13.5. The Hall–Kier alpha value is -3.78. The van der Waals surface area contributed by atoms with E-state index in [1.165, 1.54) is 0 Å². The number of hydrogen-bond donors (Lipinski definition) is 0. The molecule has 3 aliphatic rings. The first-order valence-corrected chi connectivity index (χ1v) is 15.3. The number of fused-ring (bicyclic) bond motifs is 1. The maximum atomic E-state index is 13.5. The highest BCUT2D eigenvalue weighted by molar-refractivity contribution is 8.45. The van der Waals surface area contributed by atoms with Crippen LogP contribution in [-0.2, 0) is 9.47 Å². The Morgan fingerprint density at radius 2 is 1.74 bits per heavy atom. The van der Waals surface area contributed by atoms with E-state index in [-0.39, 0.29) is 6.61 Å². The van der Waals surface area contributed by atoms with E-state index in [0.29, 0.717) is 74.3 Å². The second-order valence-corrected chi connectivity index (χ2v) is 13.0. The van der Waals surface area contributed by atoms with Crippen molar-refractivity contribution >= 4 is 27.8 Å². The third-order valence-corrected chi connectivity index (χ3v) is 8.84. The molecule has 42 heavy (non-hydrogen) atoms. The maximum Gasteiger partial charge on any atom is 0.310 e. The summed E-state index contributed by atoms with van der Waals surface area (Å²) in [5, 5.41) is 3.77. The number of ether oxygens (including phenoxy) is 3. The molecule has 0 amide bonds. The van der Waals surface area contributed by atoms with Gasteiger partial charge in [0.05, 0.1) is 49.1 Å². The smallest absolute Gasteiger partial charge is 0.310 e. The molecule has 0 atom stereocenters. The molecule has 226 valence electrons. The molecule has 2 saturated heterocycles. The fourth-order valence-corrected chi connectivity index (χ4v) is 6.28. The summed E-state index contributed by atoms with van der Waals surface area (Å²) in [5.74, 6) is 1.60. The Labute approximate surface area is 239 Å². The monoisotopic (exact) mass is 611 g/mol. The molecule has 0 bridgehead atoms. The highest BCUT2D eigenvalue weighted by Gasteiger charge is 2.65. The van der Waals surface area contributed by atoms with Crippen molar-refractivity contribution in [3.63, 3.8) is 0 Å². The van der Waals surface area contributed by atoms with Crippen molar-refractivity contribution < 1.29 is 33.6 Å². The number of aromatic nitrogens is 2. The number of imidazole rings is 1. The van der Waals surface area contributed by atoms with Crippen LogP contribution in [0.5, 0.6) is 5.75 Å². The summed E-state index contributed by atoms with van der Waals surface area (Å²) in [6.07, 6.45) is 6.55. The van der Waals surface area contributed by atoms with E-state index in [2.05, 4.69) is 4.98 Å². The number of rotatable bonds is 5. The van der Waals surface area contributed by atoms with Crippen LogP contribution in [-0.4, -0.2) is 66.0 Å². The van der Waals surface area contributed by atoms with Gasteiger partial charge in [-0.05, 0) is 67.8 Å². The molecule has 2 fully saturated rings. The van der Waals surface area contributed by atoms with E-state index >= 15 is 0 Å². The van der Waals surface area contributed by atoms with Gasteiger partial charge < -0.3 is 18.8 Å². The molecule has 0 N–H and O–H groups in total. The minimum absolute atomic E-state index is 0.279. The van der Waals surface area contributed by atoms with Gasteiger partial charge in [-0.3, -0.25) is 15.0 Å². The molecule has 3 aromatic rings. The van der Waals surface area contributed by atoms with Gasteiger partial charge in [-0.2, -0.15) is 0 Å². The van der Waals surface area contributed by atoms with Crippen molar-refractivity contribution in [2.45, 2.75) is 30.2 Å². The lowest BCUT2D eigenvalue weighted by Crippen LogP contribution is -2.67. The zero-order valence-corrected chi connectivity index (χ0v) is 23.8. The summed E-state index contributed by atoms with van der Waals surface area (Å²) in [5.41, 5.74) is 2.23. The van der Waals surface area contributed by atoms with Gasteiger partial charge in [0.1, 0.15) is 17.3 Å². The zero-order valence-electron chi connectivity index (χ0n) is 23.0. The quantitative estimate of drug-likeness (QED) is 0.293. The van der Waals surface area contributed by atoms with Gasteiger partial charge in [-0.15, -0.1) is 0 Å². The molecule has 2 aromatic carbocycles. The number of morpholine rings is 1. The van der Waals surface area contributed by atoms with Crippen molar-refractivity contribution in [3.05, 3.63) is 72.0 Å². The second-order valence-electron chi connectivity index (χ2n) is 10.6. The third-order valence-electron chi connectivity index (χ3n) is 7.68. The number of benzene rings is 2. The van der Waals surface area contributed by atoms with Crippen LogP contribution in [0.25, 0.3) is 11.8 Å². The first kappa shape index (κ1) is 28.3. The normalized spacial score (nSPS) is 21.3. The lowest BCUT2D eigenvalue weighted by molar-refractivity contribution is 0.0281.